The van der Waals surface area contributed by atoms with Crippen LogP contribution in [0.2, 0.25) is 0 Å². The van der Waals surface area contributed by atoms with E-state index in [1.807, 2.05) is 11.0 Å². The van der Waals surface area contributed by atoms with Gasteiger partial charge in [-0.15, -0.1) is 0 Å². The number of imide groups is 2. The van der Waals surface area contributed by atoms with Gasteiger partial charge in [0.25, 0.3) is 18.2 Å². The van der Waals surface area contributed by atoms with Crippen molar-refractivity contribution in [3.8, 4) is 0 Å². The Morgan fingerprint density at radius 2 is 1.70 bits per heavy atom. The highest BCUT2D eigenvalue weighted by atomic mass is 19.3. The molecule has 0 bridgehead atoms. The van der Waals surface area contributed by atoms with Crippen LogP contribution in [0.4, 0.5) is 14.5 Å². The lowest BCUT2D eigenvalue weighted by atomic mass is 9.91. The maximum atomic E-state index is 14.6. The molecule has 0 aliphatic carbocycles. The fraction of sp³-hybridized carbons (Fsp3) is 0.531. The minimum absolute atomic E-state index is 0.0613. The Labute approximate surface area is 385 Å². The summed E-state index contributed by atoms with van der Waals surface area (Å²) in [6.07, 6.45) is 8.09. The molecule has 0 spiro atoms. The highest BCUT2D eigenvalue weighted by Gasteiger charge is 2.45. The molecule has 5 amide bonds. The number of amides is 5. The molecule has 0 aromatic heterocycles. The average molecular weight is 909 g/mol. The van der Waals surface area contributed by atoms with E-state index in [9.17, 15) is 38.2 Å². The Morgan fingerprint density at radius 1 is 0.955 bits per heavy atom. The van der Waals surface area contributed by atoms with Gasteiger partial charge in [-0.2, -0.15) is 0 Å². The van der Waals surface area contributed by atoms with Gasteiger partial charge in [0.2, 0.25) is 17.7 Å². The van der Waals surface area contributed by atoms with E-state index in [-0.39, 0.29) is 42.7 Å². The van der Waals surface area contributed by atoms with E-state index in [4.69, 9.17) is 5.73 Å². The minimum atomic E-state index is -2.76. The number of halogens is 2. The Bertz CT molecular complexity index is 2350. The molecule has 1 unspecified atom stereocenters. The van der Waals surface area contributed by atoms with E-state index in [2.05, 4.69) is 25.4 Å². The lowest BCUT2D eigenvalue weighted by Gasteiger charge is -2.39. The topological polar surface area (TPSA) is 188 Å². The van der Waals surface area contributed by atoms with Gasteiger partial charge in [-0.25, -0.2) is 8.78 Å². The predicted molar refractivity (Wildman–Crippen MR) is 248 cm³/mol. The van der Waals surface area contributed by atoms with Crippen molar-refractivity contribution in [2.24, 2.45) is 16.6 Å². The molecule has 352 valence electrons. The molecule has 6 heterocycles. The molecule has 66 heavy (non-hydrogen) atoms. The number of nitrogens with one attached hydrogen (secondary N) is 3. The highest BCUT2D eigenvalue weighted by Crippen LogP contribution is 2.38. The van der Waals surface area contributed by atoms with Crippen molar-refractivity contribution < 1.29 is 32.8 Å². The molecule has 15 nitrogen and oxygen atoms in total. The molecule has 5 N–H and O–H groups in total. The number of nitrogens with zero attached hydrogens (tertiary/aromatic N) is 6. The van der Waals surface area contributed by atoms with Crippen LogP contribution in [-0.2, 0) is 27.2 Å². The first kappa shape index (κ1) is 46.7. The second-order valence-corrected chi connectivity index (χ2v) is 18.5. The first-order chi connectivity index (χ1) is 31.8. The molecule has 8 rings (SSSR count). The number of fused-ring (bicyclic) bond motifs is 2. The lowest BCUT2D eigenvalue weighted by Crippen LogP contribution is -2.54. The van der Waals surface area contributed by atoms with Crippen LogP contribution < -0.4 is 21.3 Å². The van der Waals surface area contributed by atoms with Crippen molar-refractivity contribution in [2.45, 2.75) is 96.1 Å². The summed E-state index contributed by atoms with van der Waals surface area (Å²) < 4.78 is 29.1. The Kier molecular flexibility index (Phi) is 14.4. The number of aliphatic imine (C=N–C) groups is 1. The standard InChI is InChI=1S/C49H62F2N10O5/c1-30(62)59-24-16-40(39(29-59)46(53)60-17-4-6-33-25-37(34(27-52)28-54-2)38(45(50)51)26-42(33)60)55-35-14-22-58(23-15-35)20-12-31-10-18-57(19-11-31)21-13-32-5-3-7-36-44(32)49(66)61(48(36)65)41-8-9-43(63)56-47(41)64/h3,5,7,25-28,31,35,41,45,53,55H,4,6,8-24,29,52H2,1-2H3,(H,56,63,64). The fourth-order valence-corrected chi connectivity index (χ4v) is 10.7. The number of anilines is 1. The number of rotatable bonds is 13. The van der Waals surface area contributed by atoms with Gasteiger partial charge in [0.05, 0.1) is 17.7 Å². The molecular formula is C49H62F2N10O5. The summed E-state index contributed by atoms with van der Waals surface area (Å²) in [4.78, 5) is 77.3. The van der Waals surface area contributed by atoms with Crippen molar-refractivity contribution in [2.75, 3.05) is 70.9 Å². The maximum absolute atomic E-state index is 14.6. The minimum Gasteiger partial charge on any atom is -0.404 e. The number of alkyl halides is 2. The summed E-state index contributed by atoms with van der Waals surface area (Å²) in [5, 5.41) is 15.6. The van der Waals surface area contributed by atoms with Crippen LogP contribution in [0, 0.1) is 11.3 Å². The van der Waals surface area contributed by atoms with E-state index < -0.39 is 36.1 Å². The number of piperidine rings is 3. The molecule has 3 saturated heterocycles. The monoisotopic (exact) mass is 908 g/mol. The SMILES string of the molecule is CN=CC(=CN)c1cc2c(cc1C(F)F)N(C(=N)C1=C(NC3CCN(CCC4CCN(CCc5cccc6c5C(=O)N(C5CCC(=O)NC5=O)C6=O)CC4)CC3)CCN(C(C)=O)C1)CCC2. The van der Waals surface area contributed by atoms with Crippen LogP contribution in [0.3, 0.4) is 0 Å². The van der Waals surface area contributed by atoms with Gasteiger partial charge < -0.3 is 30.7 Å². The van der Waals surface area contributed by atoms with Crippen molar-refractivity contribution in [3.63, 3.8) is 0 Å². The van der Waals surface area contributed by atoms with Crippen LogP contribution in [0.1, 0.15) is 114 Å². The van der Waals surface area contributed by atoms with Gasteiger partial charge in [-0.05, 0) is 118 Å². The fourth-order valence-electron chi connectivity index (χ4n) is 10.7. The van der Waals surface area contributed by atoms with Crippen LogP contribution in [0.25, 0.3) is 5.57 Å². The number of hydrogen-bond donors (Lipinski definition) is 4. The van der Waals surface area contributed by atoms with Gasteiger partial charge in [0.1, 0.15) is 11.9 Å². The van der Waals surface area contributed by atoms with Crippen LogP contribution in [-0.4, -0.2) is 139 Å². The Morgan fingerprint density at radius 3 is 2.39 bits per heavy atom. The molecule has 3 fully saturated rings. The van der Waals surface area contributed by atoms with E-state index in [0.717, 1.165) is 105 Å². The number of carbonyl (C=O) groups is 5. The summed E-state index contributed by atoms with van der Waals surface area (Å²) in [5.74, 6) is -1.15. The smallest absolute Gasteiger partial charge is 0.264 e. The summed E-state index contributed by atoms with van der Waals surface area (Å²) in [6, 6.07) is 7.83. The largest absolute Gasteiger partial charge is 0.404 e. The number of carbonyl (C=O) groups excluding carboxylic acids is 5. The average Bonchev–Trinajstić information content (AvgIpc) is 3.57. The Balaban J connectivity index is 0.830. The summed E-state index contributed by atoms with van der Waals surface area (Å²) >= 11 is 0. The predicted octanol–water partition coefficient (Wildman–Crippen LogP) is 4.66. The molecule has 2 aromatic carbocycles. The first-order valence-corrected chi connectivity index (χ1v) is 23.5. The number of aryl methyl sites for hydroxylation is 1. The van der Waals surface area contributed by atoms with Crippen molar-refractivity contribution in [1.82, 2.24) is 30.2 Å². The molecule has 0 saturated carbocycles. The summed E-state index contributed by atoms with van der Waals surface area (Å²) in [6.45, 7) is 8.53. The number of amidine groups is 1. The lowest BCUT2D eigenvalue weighted by molar-refractivity contribution is -0.136. The normalized spacial score (nSPS) is 21.9. The van der Waals surface area contributed by atoms with E-state index in [1.165, 1.54) is 18.5 Å². The van der Waals surface area contributed by atoms with Gasteiger partial charge in [0.15, 0.2) is 0 Å². The van der Waals surface area contributed by atoms with Gasteiger partial charge in [-0.1, -0.05) is 12.1 Å². The number of allylic oxidation sites excluding steroid dienone is 1. The van der Waals surface area contributed by atoms with E-state index in [1.54, 1.807) is 37.1 Å². The molecule has 0 radical (unpaired) electrons. The van der Waals surface area contributed by atoms with Crippen LogP contribution in [0.15, 0.2) is 52.8 Å². The zero-order chi connectivity index (χ0) is 46.6. The third kappa shape index (κ3) is 9.82. The second kappa shape index (κ2) is 20.4. The maximum Gasteiger partial charge on any atom is 0.264 e. The zero-order valence-corrected chi connectivity index (χ0v) is 38.1. The number of nitrogens with two attached hydrogens (primary N) is 1. The molecule has 6 aliphatic rings. The Hall–Kier alpha value is -5.81. The molecule has 17 heteroatoms. The van der Waals surface area contributed by atoms with Gasteiger partial charge in [-0.3, -0.25) is 44.6 Å². The number of benzene rings is 2. The number of hydrogen-bond acceptors (Lipinski definition) is 11. The van der Waals surface area contributed by atoms with Crippen LogP contribution in [0.5, 0.6) is 0 Å². The molecule has 6 aliphatic heterocycles. The van der Waals surface area contributed by atoms with Crippen molar-refractivity contribution in [1.29, 1.82) is 5.41 Å². The first-order valence-electron chi connectivity index (χ1n) is 23.5. The van der Waals surface area contributed by atoms with Gasteiger partial charge >= 0.3 is 0 Å². The molecule has 1 atom stereocenters. The molecule has 2 aromatic rings. The zero-order valence-electron chi connectivity index (χ0n) is 38.1. The van der Waals surface area contributed by atoms with Crippen LogP contribution >= 0.6 is 0 Å². The van der Waals surface area contributed by atoms with Crippen molar-refractivity contribution in [3.05, 3.63) is 81.2 Å². The van der Waals surface area contributed by atoms with E-state index in [0.29, 0.717) is 66.2 Å². The summed E-state index contributed by atoms with van der Waals surface area (Å²) in [7, 11) is 1.57. The third-order valence-electron chi connectivity index (χ3n) is 14.5. The van der Waals surface area contributed by atoms with Gasteiger partial charge in [0, 0.05) is 106 Å². The second-order valence-electron chi connectivity index (χ2n) is 18.5. The van der Waals surface area contributed by atoms with Crippen molar-refractivity contribution >= 4 is 52.8 Å². The number of likely N-dealkylation sites (tertiary alicyclic amines) is 2. The summed E-state index contributed by atoms with van der Waals surface area (Å²) in [5.41, 5.74) is 11.1. The quantitative estimate of drug-likeness (QED) is 0.125. The molecular weight excluding hydrogens is 847 g/mol. The third-order valence-corrected chi connectivity index (χ3v) is 14.5. The van der Waals surface area contributed by atoms with E-state index >= 15 is 0 Å². The highest BCUT2D eigenvalue weighted by molar-refractivity contribution is 6.24.